The minimum absolute atomic E-state index is 0.123. The van der Waals surface area contributed by atoms with Crippen LogP contribution in [0.5, 0.6) is 0 Å². The van der Waals surface area contributed by atoms with E-state index < -0.39 is 36.8 Å². The molecule has 3 amide bonds. The number of likely N-dealkylation sites (tertiary alicyclic amines) is 1. The Morgan fingerprint density at radius 3 is 2.43 bits per heavy atom. The van der Waals surface area contributed by atoms with Crippen LogP contribution in [0.4, 0.5) is 8.78 Å². The highest BCUT2D eigenvalue weighted by Crippen LogP contribution is 2.59. The van der Waals surface area contributed by atoms with E-state index in [4.69, 9.17) is 9.79 Å². The molecule has 0 bridgehead atoms. The number of fused-ring (bicyclic) bond motifs is 2. The predicted octanol–water partition coefficient (Wildman–Crippen LogP) is 4.93. The second-order valence-corrected chi connectivity index (χ2v) is 15.0. The highest BCUT2D eigenvalue weighted by atomic mass is 32.1. The third-order valence-corrected chi connectivity index (χ3v) is 11.5. The summed E-state index contributed by atoms with van der Waals surface area (Å²) in [5.41, 5.74) is -4.25. The molecule has 6 rings (SSSR count). The topological polar surface area (TPSA) is 151 Å². The van der Waals surface area contributed by atoms with Crippen molar-refractivity contribution in [3.8, 4) is 6.07 Å². The molecule has 0 aliphatic carbocycles. The lowest BCUT2D eigenvalue weighted by Gasteiger charge is -2.42. The first kappa shape index (κ1) is 32.3. The lowest BCUT2D eigenvalue weighted by atomic mass is 9.90. The molecule has 1 aromatic heterocycles. The number of thiophene rings is 1. The summed E-state index contributed by atoms with van der Waals surface area (Å²) < 4.78 is 40.4. The Morgan fingerprint density at radius 2 is 1.74 bits per heavy atom. The summed E-state index contributed by atoms with van der Waals surface area (Å²) >= 11 is 1.01. The maximum absolute atomic E-state index is 14.3. The monoisotopic (exact) mass is 670 g/mol. The highest BCUT2D eigenvalue weighted by Gasteiger charge is 2.50. The zero-order chi connectivity index (χ0) is 32.8. The number of benzene rings is 2. The highest BCUT2D eigenvalue weighted by molar-refractivity contribution is 7.52. The Hall–Kier alpha value is -3.69. The molecule has 3 aliphatic rings. The van der Waals surface area contributed by atoms with Gasteiger partial charge in [0.15, 0.2) is 0 Å². The summed E-state index contributed by atoms with van der Waals surface area (Å²) in [6.07, 6.45) is 3.74. The average Bonchev–Trinajstić information content (AvgIpc) is 3.64. The molecule has 0 radical (unpaired) electrons. The lowest BCUT2D eigenvalue weighted by molar-refractivity contribution is -0.150. The molecule has 3 N–H and O–H groups in total. The number of hydrogen-bond donors (Lipinski definition) is 3. The molecule has 14 heteroatoms. The number of halogens is 2. The molecule has 3 aromatic rings. The number of nitrogens with one attached hydrogen (secondary N) is 1. The molecule has 0 spiro atoms. The summed E-state index contributed by atoms with van der Waals surface area (Å²) in [4.78, 5) is 63.1. The molecule has 3 fully saturated rings. The maximum Gasteiger partial charge on any atom is 0.399 e. The Kier molecular flexibility index (Phi) is 8.76. The van der Waals surface area contributed by atoms with Crippen LogP contribution in [-0.2, 0) is 19.8 Å². The average molecular weight is 671 g/mol. The number of rotatable bonds is 6. The lowest BCUT2D eigenvalue weighted by Crippen LogP contribution is -2.59. The second-order valence-electron chi connectivity index (χ2n) is 12.2. The van der Waals surface area contributed by atoms with Crippen LogP contribution in [0.2, 0.25) is 0 Å². The molecular weight excluding hydrogens is 637 g/mol. The zero-order valence-electron chi connectivity index (χ0n) is 24.7. The van der Waals surface area contributed by atoms with Crippen molar-refractivity contribution < 1.29 is 37.5 Å². The van der Waals surface area contributed by atoms with Gasteiger partial charge in [0, 0.05) is 35.3 Å². The van der Waals surface area contributed by atoms with E-state index in [0.717, 1.165) is 41.9 Å². The third kappa shape index (κ3) is 5.95. The minimum atomic E-state index is -5.76. The van der Waals surface area contributed by atoms with Gasteiger partial charge in [-0.1, -0.05) is 36.4 Å². The van der Waals surface area contributed by atoms with Gasteiger partial charge >= 0.3 is 13.3 Å². The second kappa shape index (κ2) is 12.5. The molecule has 4 heterocycles. The van der Waals surface area contributed by atoms with E-state index in [1.54, 1.807) is 9.80 Å². The van der Waals surface area contributed by atoms with Crippen LogP contribution in [0.25, 0.3) is 10.1 Å². The van der Waals surface area contributed by atoms with Crippen LogP contribution >= 0.6 is 18.9 Å². The summed E-state index contributed by atoms with van der Waals surface area (Å²) in [6.45, 7) is 0.671. The SMILES string of the molecule is N#C[C@@H]1CN(C(=O)[C@@H]2CCC[C@@H]3CCC[C@H](NC(=O)c4cc5cc(C(F)(F)P(=O)(O)O)ccc5s4)C(=O)N32)C[C@H]1c1ccccc1. The van der Waals surface area contributed by atoms with Gasteiger partial charge in [0.25, 0.3) is 5.91 Å². The molecule has 5 atom stereocenters. The van der Waals surface area contributed by atoms with Crippen LogP contribution in [-0.4, -0.2) is 68.5 Å². The standard InChI is InChI=1S/C32H33F2N4O6PS/c33-32(34,45(42,43)44)22-12-13-27-20(14-22)15-28(46-27)29(39)36-25-10-4-8-23-9-5-11-26(38(23)30(25)40)31(41)37-17-21(16-35)24(18-37)19-6-2-1-3-7-19/h1-3,6-7,12-15,21,23-26H,4-5,8-11,17-18H2,(H,36,39)(H2,42,43,44)/t21-,23+,24+,25+,26+/m1/s1. The number of amides is 3. The molecule has 3 saturated heterocycles. The first-order chi connectivity index (χ1) is 21.9. The van der Waals surface area contributed by atoms with Gasteiger partial charge in [0.2, 0.25) is 11.8 Å². The van der Waals surface area contributed by atoms with E-state index in [9.17, 15) is 33.0 Å². The number of nitriles is 1. The number of piperidine rings is 1. The largest absolute Gasteiger partial charge is 0.399 e. The van der Waals surface area contributed by atoms with Gasteiger partial charge in [-0.25, -0.2) is 0 Å². The number of carbonyl (C=O) groups is 3. The third-order valence-electron chi connectivity index (χ3n) is 9.40. The van der Waals surface area contributed by atoms with Crippen molar-refractivity contribution in [3.63, 3.8) is 0 Å². The van der Waals surface area contributed by atoms with Crippen LogP contribution < -0.4 is 5.32 Å². The quantitative estimate of drug-likeness (QED) is 0.315. The van der Waals surface area contributed by atoms with E-state index >= 15 is 0 Å². The normalized spacial score (nSPS) is 25.5. The fourth-order valence-electron chi connectivity index (χ4n) is 7.04. The Morgan fingerprint density at radius 1 is 1.02 bits per heavy atom. The van der Waals surface area contributed by atoms with Gasteiger partial charge in [-0.3, -0.25) is 18.9 Å². The molecule has 0 saturated carbocycles. The molecular formula is C32H33F2N4O6PS. The molecule has 10 nitrogen and oxygen atoms in total. The Labute approximate surface area is 268 Å². The van der Waals surface area contributed by atoms with Gasteiger partial charge < -0.3 is 24.9 Å². The summed E-state index contributed by atoms with van der Waals surface area (Å²) in [5, 5.41) is 12.9. The fraction of sp³-hybridized carbons (Fsp3) is 0.438. The molecule has 242 valence electrons. The predicted molar refractivity (Wildman–Crippen MR) is 166 cm³/mol. The van der Waals surface area contributed by atoms with Crippen molar-refractivity contribution in [2.45, 2.75) is 68.2 Å². The van der Waals surface area contributed by atoms with E-state index in [-0.39, 0.29) is 46.5 Å². The van der Waals surface area contributed by atoms with Gasteiger partial charge in [-0.05, 0) is 67.7 Å². The number of hydrogen-bond acceptors (Lipinski definition) is 6. The minimum Gasteiger partial charge on any atom is -0.340 e. The van der Waals surface area contributed by atoms with Crippen molar-refractivity contribution in [1.29, 1.82) is 5.26 Å². The van der Waals surface area contributed by atoms with Crippen molar-refractivity contribution in [2.75, 3.05) is 13.1 Å². The van der Waals surface area contributed by atoms with Crippen LogP contribution in [0, 0.1) is 17.2 Å². The van der Waals surface area contributed by atoms with Crippen molar-refractivity contribution in [2.24, 2.45) is 5.92 Å². The van der Waals surface area contributed by atoms with Crippen LogP contribution in [0.15, 0.2) is 54.6 Å². The van der Waals surface area contributed by atoms with E-state index in [1.165, 1.54) is 12.1 Å². The smallest absolute Gasteiger partial charge is 0.340 e. The Bertz CT molecular complexity index is 1760. The van der Waals surface area contributed by atoms with Gasteiger partial charge in [0.05, 0.1) is 16.9 Å². The van der Waals surface area contributed by atoms with E-state index in [2.05, 4.69) is 11.4 Å². The van der Waals surface area contributed by atoms with Gasteiger partial charge in [-0.2, -0.15) is 14.0 Å². The first-order valence-electron chi connectivity index (χ1n) is 15.2. The Balaban J connectivity index is 1.19. The van der Waals surface area contributed by atoms with E-state index in [1.807, 2.05) is 30.3 Å². The molecule has 2 aromatic carbocycles. The first-order valence-corrected chi connectivity index (χ1v) is 17.7. The van der Waals surface area contributed by atoms with Crippen LogP contribution in [0.3, 0.4) is 0 Å². The van der Waals surface area contributed by atoms with Gasteiger partial charge in [0.1, 0.15) is 12.1 Å². The number of nitrogens with zero attached hydrogens (tertiary/aromatic N) is 3. The fourth-order valence-corrected chi connectivity index (χ4v) is 8.46. The van der Waals surface area contributed by atoms with Crippen molar-refractivity contribution in [3.05, 3.63) is 70.6 Å². The maximum atomic E-state index is 14.3. The number of carbonyl (C=O) groups excluding carboxylic acids is 3. The summed E-state index contributed by atoms with van der Waals surface area (Å²) in [5.74, 6) is -1.59. The summed E-state index contributed by atoms with van der Waals surface area (Å²) in [6, 6.07) is 14.7. The summed E-state index contributed by atoms with van der Waals surface area (Å²) in [7, 11) is -5.76. The molecule has 3 aliphatic heterocycles. The van der Waals surface area contributed by atoms with E-state index in [0.29, 0.717) is 36.9 Å². The van der Waals surface area contributed by atoms with Crippen LogP contribution in [0.1, 0.15) is 65.2 Å². The molecule has 46 heavy (non-hydrogen) atoms. The van der Waals surface area contributed by atoms with Gasteiger partial charge in [-0.15, -0.1) is 11.3 Å². The number of alkyl halides is 2. The van der Waals surface area contributed by atoms with Crippen molar-refractivity contribution >= 4 is 46.7 Å². The zero-order valence-corrected chi connectivity index (χ0v) is 26.4. The van der Waals surface area contributed by atoms with Crippen molar-refractivity contribution in [1.82, 2.24) is 15.1 Å². The molecule has 0 unspecified atom stereocenters.